The van der Waals surface area contributed by atoms with E-state index >= 15 is 0 Å². The molecule has 26 heavy (non-hydrogen) atoms. The van der Waals surface area contributed by atoms with Gasteiger partial charge < -0.3 is 19.5 Å². The van der Waals surface area contributed by atoms with Crippen LogP contribution in [0, 0.1) is 0 Å². The lowest BCUT2D eigenvalue weighted by Gasteiger charge is -2.32. The van der Waals surface area contributed by atoms with Gasteiger partial charge in [-0.3, -0.25) is 9.59 Å². The van der Waals surface area contributed by atoms with Crippen molar-refractivity contribution in [2.45, 2.75) is 25.8 Å². The highest BCUT2D eigenvalue weighted by Crippen LogP contribution is 2.22. The number of likely N-dealkylation sites (tertiary alicyclic amines) is 1. The summed E-state index contributed by atoms with van der Waals surface area (Å²) in [5.41, 5.74) is 0.452. The van der Waals surface area contributed by atoms with Crippen molar-refractivity contribution in [1.82, 2.24) is 14.8 Å². The van der Waals surface area contributed by atoms with E-state index < -0.39 is 0 Å². The Morgan fingerprint density at radius 3 is 2.50 bits per heavy atom. The maximum atomic E-state index is 12.4. The Bertz CT molecular complexity index is 735. The van der Waals surface area contributed by atoms with Gasteiger partial charge in [-0.1, -0.05) is 12.1 Å². The van der Waals surface area contributed by atoms with Crippen molar-refractivity contribution >= 4 is 11.8 Å². The van der Waals surface area contributed by atoms with Gasteiger partial charge in [-0.2, -0.15) is 0 Å². The van der Waals surface area contributed by atoms with Crippen molar-refractivity contribution < 1.29 is 14.3 Å². The maximum absolute atomic E-state index is 12.4. The standard InChI is InChI=1S/C20H25N3O3/c1-2-26-18-8-4-3-7-17(18)20(25)21-15-19(24)23-13-9-16(10-14-23)22-11-5-6-12-22/h3-8,11-12,16H,2,9-10,13-15H2,1H3,(H,21,25). The zero-order chi connectivity index (χ0) is 18.4. The zero-order valence-electron chi connectivity index (χ0n) is 15.1. The van der Waals surface area contributed by atoms with Gasteiger partial charge in [0, 0.05) is 31.5 Å². The quantitative estimate of drug-likeness (QED) is 0.866. The number of hydrogen-bond donors (Lipinski definition) is 1. The molecule has 0 saturated carbocycles. The van der Waals surface area contributed by atoms with Crippen LogP contribution >= 0.6 is 0 Å². The molecule has 1 aliphatic heterocycles. The topological polar surface area (TPSA) is 63.6 Å². The molecule has 6 heteroatoms. The highest BCUT2D eigenvalue weighted by molar-refractivity contribution is 5.98. The minimum Gasteiger partial charge on any atom is -0.493 e. The van der Waals surface area contributed by atoms with Crippen molar-refractivity contribution in [2.75, 3.05) is 26.2 Å². The molecular weight excluding hydrogens is 330 g/mol. The van der Waals surface area contributed by atoms with Crippen molar-refractivity contribution in [3.05, 3.63) is 54.4 Å². The zero-order valence-corrected chi connectivity index (χ0v) is 15.1. The molecule has 0 atom stereocenters. The molecule has 0 radical (unpaired) electrons. The number of ether oxygens (including phenoxy) is 1. The van der Waals surface area contributed by atoms with E-state index in [9.17, 15) is 9.59 Å². The number of amides is 2. The molecule has 1 N–H and O–H groups in total. The van der Waals surface area contributed by atoms with Gasteiger partial charge in [0.05, 0.1) is 18.7 Å². The minimum atomic E-state index is -0.287. The van der Waals surface area contributed by atoms with E-state index in [1.807, 2.05) is 30.0 Å². The predicted octanol–water partition coefficient (Wildman–Crippen LogP) is 2.48. The molecule has 0 spiro atoms. The smallest absolute Gasteiger partial charge is 0.255 e. The van der Waals surface area contributed by atoms with E-state index in [0.29, 0.717) is 37.1 Å². The lowest BCUT2D eigenvalue weighted by Crippen LogP contribution is -2.44. The monoisotopic (exact) mass is 355 g/mol. The van der Waals surface area contributed by atoms with Gasteiger partial charge in [0.15, 0.2) is 0 Å². The number of benzene rings is 1. The molecule has 1 saturated heterocycles. The average Bonchev–Trinajstić information content (AvgIpc) is 3.21. The number of aromatic nitrogens is 1. The molecule has 1 aliphatic rings. The van der Waals surface area contributed by atoms with Crippen LogP contribution in [0.1, 0.15) is 36.2 Å². The van der Waals surface area contributed by atoms with Crippen molar-refractivity contribution in [3.8, 4) is 5.75 Å². The summed E-state index contributed by atoms with van der Waals surface area (Å²) < 4.78 is 7.67. The fraction of sp³-hybridized carbons (Fsp3) is 0.400. The summed E-state index contributed by atoms with van der Waals surface area (Å²) in [6.07, 6.45) is 6.00. The molecule has 0 bridgehead atoms. The van der Waals surface area contributed by atoms with E-state index in [0.717, 1.165) is 12.8 Å². The number of carbonyl (C=O) groups excluding carboxylic acids is 2. The first-order valence-corrected chi connectivity index (χ1v) is 9.09. The lowest BCUT2D eigenvalue weighted by atomic mass is 10.0. The van der Waals surface area contributed by atoms with E-state index in [2.05, 4.69) is 22.3 Å². The maximum Gasteiger partial charge on any atom is 0.255 e. The third-order valence-corrected chi connectivity index (χ3v) is 4.70. The molecule has 138 valence electrons. The summed E-state index contributed by atoms with van der Waals surface area (Å²) in [5, 5.41) is 2.72. The third-order valence-electron chi connectivity index (χ3n) is 4.70. The van der Waals surface area contributed by atoms with Gasteiger partial charge in [-0.15, -0.1) is 0 Å². The van der Waals surface area contributed by atoms with Gasteiger partial charge in [0.25, 0.3) is 5.91 Å². The number of carbonyl (C=O) groups is 2. The molecule has 3 rings (SSSR count). The van der Waals surface area contributed by atoms with Crippen LogP contribution in [-0.2, 0) is 4.79 Å². The van der Waals surface area contributed by atoms with E-state index in [-0.39, 0.29) is 18.4 Å². The fourth-order valence-electron chi connectivity index (χ4n) is 3.30. The van der Waals surface area contributed by atoms with Crippen LogP contribution in [-0.4, -0.2) is 47.5 Å². The van der Waals surface area contributed by atoms with Gasteiger partial charge >= 0.3 is 0 Å². The highest BCUT2D eigenvalue weighted by atomic mass is 16.5. The van der Waals surface area contributed by atoms with Crippen LogP contribution in [0.15, 0.2) is 48.8 Å². The highest BCUT2D eigenvalue weighted by Gasteiger charge is 2.23. The van der Waals surface area contributed by atoms with Gasteiger partial charge in [0.1, 0.15) is 5.75 Å². The summed E-state index contributed by atoms with van der Waals surface area (Å²) in [7, 11) is 0. The summed E-state index contributed by atoms with van der Waals surface area (Å²) in [5.74, 6) is 0.204. The number of nitrogens with zero attached hydrogens (tertiary/aromatic N) is 2. The second-order valence-corrected chi connectivity index (χ2v) is 6.35. The van der Waals surface area contributed by atoms with Crippen LogP contribution in [0.4, 0.5) is 0 Å². The number of hydrogen-bond acceptors (Lipinski definition) is 3. The Labute approximate surface area is 153 Å². The molecule has 2 amide bonds. The number of piperidine rings is 1. The lowest BCUT2D eigenvalue weighted by molar-refractivity contribution is -0.131. The van der Waals surface area contributed by atoms with Crippen LogP contribution in [0.2, 0.25) is 0 Å². The normalized spacial score (nSPS) is 14.9. The summed E-state index contributed by atoms with van der Waals surface area (Å²) in [6.45, 7) is 3.79. The second-order valence-electron chi connectivity index (χ2n) is 6.35. The molecule has 1 aromatic heterocycles. The second kappa shape index (κ2) is 8.56. The third kappa shape index (κ3) is 4.25. The average molecular weight is 355 g/mol. The van der Waals surface area contributed by atoms with E-state index in [1.54, 1.807) is 18.2 Å². The summed E-state index contributed by atoms with van der Waals surface area (Å²) in [6, 6.07) is 11.6. The van der Waals surface area contributed by atoms with Crippen LogP contribution in [0.3, 0.4) is 0 Å². The molecule has 0 unspecified atom stereocenters. The van der Waals surface area contributed by atoms with Gasteiger partial charge in [0.2, 0.25) is 5.91 Å². The Hall–Kier alpha value is -2.76. The van der Waals surface area contributed by atoms with Crippen LogP contribution in [0.5, 0.6) is 5.75 Å². The van der Waals surface area contributed by atoms with Gasteiger partial charge in [-0.05, 0) is 44.0 Å². The van der Waals surface area contributed by atoms with E-state index in [1.165, 1.54) is 0 Å². The Balaban J connectivity index is 1.49. The van der Waals surface area contributed by atoms with Crippen LogP contribution in [0.25, 0.3) is 0 Å². The largest absolute Gasteiger partial charge is 0.493 e. The Kier molecular flexibility index (Phi) is 5.94. The minimum absolute atomic E-state index is 0.00742. The summed E-state index contributed by atoms with van der Waals surface area (Å²) >= 11 is 0. The number of rotatable bonds is 6. The summed E-state index contributed by atoms with van der Waals surface area (Å²) in [4.78, 5) is 26.6. The molecule has 0 aliphatic carbocycles. The molecule has 6 nitrogen and oxygen atoms in total. The first-order chi connectivity index (χ1) is 12.7. The predicted molar refractivity (Wildman–Crippen MR) is 99.2 cm³/mol. The van der Waals surface area contributed by atoms with Crippen molar-refractivity contribution in [2.24, 2.45) is 0 Å². The number of nitrogens with one attached hydrogen (secondary N) is 1. The Morgan fingerprint density at radius 2 is 1.81 bits per heavy atom. The van der Waals surface area contributed by atoms with E-state index in [4.69, 9.17) is 4.74 Å². The molecule has 1 fully saturated rings. The number of para-hydroxylation sites is 1. The Morgan fingerprint density at radius 1 is 1.12 bits per heavy atom. The van der Waals surface area contributed by atoms with Crippen molar-refractivity contribution in [3.63, 3.8) is 0 Å². The molecule has 1 aromatic carbocycles. The molecule has 2 heterocycles. The van der Waals surface area contributed by atoms with Gasteiger partial charge in [-0.25, -0.2) is 0 Å². The fourth-order valence-corrected chi connectivity index (χ4v) is 3.30. The SMILES string of the molecule is CCOc1ccccc1C(=O)NCC(=O)N1CCC(n2cccc2)CC1. The first kappa shape index (κ1) is 18.0. The first-order valence-electron chi connectivity index (χ1n) is 9.09. The van der Waals surface area contributed by atoms with Crippen molar-refractivity contribution in [1.29, 1.82) is 0 Å². The van der Waals surface area contributed by atoms with Crippen LogP contribution < -0.4 is 10.1 Å². The molecule has 2 aromatic rings. The molecular formula is C20H25N3O3.